The van der Waals surface area contributed by atoms with Gasteiger partial charge < -0.3 is 14.0 Å². The van der Waals surface area contributed by atoms with Gasteiger partial charge in [-0.1, -0.05) is 17.8 Å². The van der Waals surface area contributed by atoms with E-state index in [1.807, 2.05) is 37.5 Å². The molecule has 2 rings (SSSR count). The van der Waals surface area contributed by atoms with Gasteiger partial charge in [-0.3, -0.25) is 4.79 Å². The number of aryl methyl sites for hydroxylation is 2. The van der Waals surface area contributed by atoms with Crippen molar-refractivity contribution in [3.63, 3.8) is 0 Å². The molecule has 0 radical (unpaired) electrons. The van der Waals surface area contributed by atoms with E-state index in [-0.39, 0.29) is 11.7 Å². The van der Waals surface area contributed by atoms with Gasteiger partial charge in [-0.05, 0) is 51.0 Å². The average Bonchev–Trinajstić information content (AvgIpc) is 2.92. The van der Waals surface area contributed by atoms with Gasteiger partial charge in [-0.25, -0.2) is 0 Å². The van der Waals surface area contributed by atoms with Crippen molar-refractivity contribution in [2.45, 2.75) is 46.0 Å². The maximum absolute atomic E-state index is 11.5. The Morgan fingerprint density at radius 3 is 2.50 bits per heavy atom. The van der Waals surface area contributed by atoms with Crippen LogP contribution < -0.4 is 4.74 Å². The van der Waals surface area contributed by atoms with Crippen LogP contribution in [0.25, 0.3) is 0 Å². The largest absolute Gasteiger partial charge is 0.486 e. The molecule has 0 spiro atoms. The fourth-order valence-electron chi connectivity index (χ4n) is 2.34. The molecule has 1 heterocycles. The van der Waals surface area contributed by atoms with Crippen LogP contribution >= 0.6 is 11.8 Å². The summed E-state index contributed by atoms with van der Waals surface area (Å²) in [5, 5.41) is 9.04. The summed E-state index contributed by atoms with van der Waals surface area (Å²) in [4.78, 5) is 11.5. The van der Waals surface area contributed by atoms with E-state index in [0.29, 0.717) is 24.9 Å². The second-order valence-corrected chi connectivity index (χ2v) is 6.29. The molecule has 0 fully saturated rings. The number of esters is 1. The Balaban J connectivity index is 2.01. The van der Waals surface area contributed by atoms with Crippen molar-refractivity contribution in [3.8, 4) is 5.75 Å². The molecule has 0 unspecified atom stereocenters. The van der Waals surface area contributed by atoms with Gasteiger partial charge in [0.2, 0.25) is 0 Å². The van der Waals surface area contributed by atoms with Gasteiger partial charge in [0.15, 0.2) is 11.0 Å². The monoisotopic (exact) mass is 349 g/mol. The first-order valence-corrected chi connectivity index (χ1v) is 8.93. The molecule has 0 saturated heterocycles. The highest BCUT2D eigenvalue weighted by atomic mass is 32.2. The van der Waals surface area contributed by atoms with Crippen LogP contribution in [0.4, 0.5) is 0 Å². The zero-order valence-corrected chi connectivity index (χ0v) is 15.4. The standard InChI is InChI=1S/C17H23N3O3S/c1-5-20-15(10-23-14-8-12(3)7-13(4)9-14)18-19-17(20)24-11-16(21)22-6-2/h7-9H,5-6,10-11H2,1-4H3. The Labute approximate surface area is 146 Å². The topological polar surface area (TPSA) is 66.2 Å². The predicted octanol–water partition coefficient (Wildman–Crippen LogP) is 3.15. The molecular weight excluding hydrogens is 326 g/mol. The Morgan fingerprint density at radius 1 is 1.17 bits per heavy atom. The number of rotatable bonds is 8. The number of hydrogen-bond acceptors (Lipinski definition) is 6. The van der Waals surface area contributed by atoms with Crippen LogP contribution in [0.3, 0.4) is 0 Å². The third-order valence-corrected chi connectivity index (χ3v) is 4.24. The van der Waals surface area contributed by atoms with E-state index in [2.05, 4.69) is 16.3 Å². The number of aromatic nitrogens is 3. The van der Waals surface area contributed by atoms with Crippen LogP contribution in [0.2, 0.25) is 0 Å². The van der Waals surface area contributed by atoms with Gasteiger partial charge in [-0.15, -0.1) is 10.2 Å². The van der Waals surface area contributed by atoms with Gasteiger partial charge in [-0.2, -0.15) is 0 Å². The summed E-state index contributed by atoms with van der Waals surface area (Å²) in [6, 6.07) is 6.09. The lowest BCUT2D eigenvalue weighted by Crippen LogP contribution is -2.10. The number of thioether (sulfide) groups is 1. The van der Waals surface area contributed by atoms with E-state index in [9.17, 15) is 4.79 Å². The average molecular weight is 349 g/mol. The summed E-state index contributed by atoms with van der Waals surface area (Å²) < 4.78 is 12.7. The number of nitrogens with zero attached hydrogens (tertiary/aromatic N) is 3. The molecule has 7 heteroatoms. The molecule has 1 aromatic heterocycles. The minimum Gasteiger partial charge on any atom is -0.486 e. The summed E-state index contributed by atoms with van der Waals surface area (Å²) in [6.07, 6.45) is 0. The van der Waals surface area contributed by atoms with Gasteiger partial charge in [0.25, 0.3) is 0 Å². The van der Waals surface area contributed by atoms with Crippen molar-refractivity contribution in [2.75, 3.05) is 12.4 Å². The summed E-state index contributed by atoms with van der Waals surface area (Å²) in [7, 11) is 0. The summed E-state index contributed by atoms with van der Waals surface area (Å²) in [5.74, 6) is 1.53. The minimum absolute atomic E-state index is 0.226. The van der Waals surface area contributed by atoms with Crippen molar-refractivity contribution in [1.82, 2.24) is 14.8 Å². The van der Waals surface area contributed by atoms with Crippen molar-refractivity contribution in [2.24, 2.45) is 0 Å². The molecule has 6 nitrogen and oxygen atoms in total. The molecule has 0 bridgehead atoms. The molecule has 0 aliphatic heterocycles. The summed E-state index contributed by atoms with van der Waals surface area (Å²) >= 11 is 1.33. The summed E-state index contributed by atoms with van der Waals surface area (Å²) in [6.45, 7) is 9.32. The Morgan fingerprint density at radius 2 is 1.88 bits per heavy atom. The molecule has 0 saturated carbocycles. The minimum atomic E-state index is -0.249. The van der Waals surface area contributed by atoms with E-state index in [0.717, 1.165) is 22.7 Å². The highest BCUT2D eigenvalue weighted by Gasteiger charge is 2.14. The highest BCUT2D eigenvalue weighted by Crippen LogP contribution is 2.20. The van der Waals surface area contributed by atoms with Crippen LogP contribution in [0.15, 0.2) is 23.4 Å². The van der Waals surface area contributed by atoms with E-state index < -0.39 is 0 Å². The van der Waals surface area contributed by atoms with Crippen LogP contribution in [0.1, 0.15) is 30.8 Å². The quantitative estimate of drug-likeness (QED) is 0.539. The molecule has 1 aromatic carbocycles. The molecule has 2 aromatic rings. The molecule has 0 aliphatic rings. The molecule has 130 valence electrons. The smallest absolute Gasteiger partial charge is 0.316 e. The van der Waals surface area contributed by atoms with Crippen LogP contribution in [-0.4, -0.2) is 33.1 Å². The van der Waals surface area contributed by atoms with E-state index >= 15 is 0 Å². The van der Waals surface area contributed by atoms with Crippen molar-refractivity contribution >= 4 is 17.7 Å². The Hall–Kier alpha value is -2.02. The third-order valence-electron chi connectivity index (χ3n) is 3.30. The second kappa shape index (κ2) is 8.73. The lowest BCUT2D eigenvalue weighted by Gasteiger charge is -2.10. The first-order valence-electron chi connectivity index (χ1n) is 7.95. The number of benzene rings is 1. The van der Waals surface area contributed by atoms with Crippen LogP contribution in [0.5, 0.6) is 5.75 Å². The van der Waals surface area contributed by atoms with E-state index in [1.165, 1.54) is 11.8 Å². The van der Waals surface area contributed by atoms with Crippen molar-refractivity contribution in [1.29, 1.82) is 0 Å². The number of carbonyl (C=O) groups is 1. The van der Waals surface area contributed by atoms with Crippen LogP contribution in [0, 0.1) is 13.8 Å². The number of hydrogen-bond donors (Lipinski definition) is 0. The number of carbonyl (C=O) groups excluding carboxylic acids is 1. The first kappa shape index (κ1) is 18.3. The highest BCUT2D eigenvalue weighted by molar-refractivity contribution is 7.99. The molecule has 0 atom stereocenters. The lowest BCUT2D eigenvalue weighted by molar-refractivity contribution is -0.139. The lowest BCUT2D eigenvalue weighted by atomic mass is 10.1. The zero-order valence-electron chi connectivity index (χ0n) is 14.5. The Bertz CT molecular complexity index is 680. The molecule has 0 N–H and O–H groups in total. The first-order chi connectivity index (χ1) is 11.5. The predicted molar refractivity (Wildman–Crippen MR) is 93.3 cm³/mol. The molecule has 24 heavy (non-hydrogen) atoms. The SMILES string of the molecule is CCOC(=O)CSc1nnc(COc2cc(C)cc(C)c2)n1CC. The number of ether oxygens (including phenoxy) is 2. The van der Waals surface area contributed by atoms with Gasteiger partial charge in [0.05, 0.1) is 12.4 Å². The van der Waals surface area contributed by atoms with Crippen molar-refractivity contribution < 1.29 is 14.3 Å². The fourth-order valence-corrected chi connectivity index (χ4v) is 3.16. The van der Waals surface area contributed by atoms with E-state index in [1.54, 1.807) is 6.92 Å². The molecule has 0 aliphatic carbocycles. The van der Waals surface area contributed by atoms with Gasteiger partial charge >= 0.3 is 5.97 Å². The maximum Gasteiger partial charge on any atom is 0.316 e. The molecular formula is C17H23N3O3S. The maximum atomic E-state index is 11.5. The normalized spacial score (nSPS) is 10.7. The second-order valence-electron chi connectivity index (χ2n) is 5.35. The summed E-state index contributed by atoms with van der Waals surface area (Å²) in [5.41, 5.74) is 2.32. The van der Waals surface area contributed by atoms with Crippen LogP contribution in [-0.2, 0) is 22.7 Å². The zero-order chi connectivity index (χ0) is 17.5. The molecule has 0 amide bonds. The van der Waals surface area contributed by atoms with Gasteiger partial charge in [0.1, 0.15) is 12.4 Å². The third kappa shape index (κ3) is 4.99. The van der Waals surface area contributed by atoms with Gasteiger partial charge in [0, 0.05) is 6.54 Å². The van der Waals surface area contributed by atoms with Crippen molar-refractivity contribution in [3.05, 3.63) is 35.2 Å². The fraction of sp³-hybridized carbons (Fsp3) is 0.471. The Kier molecular flexibility index (Phi) is 6.66. The van der Waals surface area contributed by atoms with E-state index in [4.69, 9.17) is 9.47 Å².